The van der Waals surface area contributed by atoms with Gasteiger partial charge in [0.15, 0.2) is 0 Å². The van der Waals surface area contributed by atoms with E-state index in [1.165, 1.54) is 0 Å². The highest BCUT2D eigenvalue weighted by Crippen LogP contribution is 2.21. The fraction of sp³-hybridized carbons (Fsp3) is 0.333. The number of hydrogen-bond acceptors (Lipinski definition) is 1. The van der Waals surface area contributed by atoms with E-state index in [0.29, 0.717) is 6.07 Å². The zero-order valence-electron chi connectivity index (χ0n) is 7.59. The van der Waals surface area contributed by atoms with Gasteiger partial charge in [0.05, 0.1) is 0 Å². The SMILES string of the molecule is Cl.N[C@@H](CC(F)F)c1ccc(F)cc1F. The second kappa shape index (κ2) is 5.92. The van der Waals surface area contributed by atoms with Crippen LogP contribution in [-0.4, -0.2) is 6.43 Å². The van der Waals surface area contributed by atoms with Crippen LogP contribution in [0.2, 0.25) is 0 Å². The number of halogens is 5. The highest BCUT2D eigenvalue weighted by atomic mass is 35.5. The third kappa shape index (κ3) is 4.05. The van der Waals surface area contributed by atoms with Gasteiger partial charge in [-0.1, -0.05) is 6.07 Å². The van der Waals surface area contributed by atoms with E-state index in [9.17, 15) is 17.6 Å². The molecule has 1 rings (SSSR count). The van der Waals surface area contributed by atoms with Gasteiger partial charge >= 0.3 is 0 Å². The van der Waals surface area contributed by atoms with Gasteiger partial charge in [0.1, 0.15) is 11.6 Å². The largest absolute Gasteiger partial charge is 0.324 e. The van der Waals surface area contributed by atoms with Gasteiger partial charge in [0.2, 0.25) is 6.43 Å². The molecule has 0 saturated carbocycles. The van der Waals surface area contributed by atoms with Crippen molar-refractivity contribution in [2.24, 2.45) is 5.73 Å². The molecular formula is C9H10ClF4N. The van der Waals surface area contributed by atoms with Crippen LogP contribution in [0.4, 0.5) is 17.6 Å². The minimum absolute atomic E-state index is 0. The first-order valence-corrected chi connectivity index (χ1v) is 3.99. The lowest BCUT2D eigenvalue weighted by molar-refractivity contribution is 0.128. The van der Waals surface area contributed by atoms with Crippen molar-refractivity contribution in [1.82, 2.24) is 0 Å². The zero-order valence-corrected chi connectivity index (χ0v) is 8.41. The molecule has 0 aromatic heterocycles. The lowest BCUT2D eigenvalue weighted by atomic mass is 10.0. The van der Waals surface area contributed by atoms with Crippen LogP contribution in [-0.2, 0) is 0 Å². The summed E-state index contributed by atoms with van der Waals surface area (Å²) in [6.07, 6.45) is -3.24. The molecule has 6 heteroatoms. The van der Waals surface area contributed by atoms with E-state index in [0.717, 1.165) is 12.1 Å². The van der Waals surface area contributed by atoms with Crippen molar-refractivity contribution in [3.63, 3.8) is 0 Å². The molecular weight excluding hydrogens is 234 g/mol. The van der Waals surface area contributed by atoms with Crippen molar-refractivity contribution in [3.8, 4) is 0 Å². The minimum atomic E-state index is -2.60. The lowest BCUT2D eigenvalue weighted by Gasteiger charge is -2.11. The summed E-state index contributed by atoms with van der Waals surface area (Å²) in [6.45, 7) is 0. The molecule has 0 aliphatic heterocycles. The van der Waals surface area contributed by atoms with Crippen molar-refractivity contribution in [2.45, 2.75) is 18.9 Å². The predicted molar refractivity (Wildman–Crippen MR) is 51.2 cm³/mol. The predicted octanol–water partition coefficient (Wildman–Crippen LogP) is 3.04. The maximum Gasteiger partial charge on any atom is 0.240 e. The summed E-state index contributed by atoms with van der Waals surface area (Å²) in [5.74, 6) is -1.64. The topological polar surface area (TPSA) is 26.0 Å². The van der Waals surface area contributed by atoms with E-state index < -0.39 is 30.5 Å². The molecule has 0 radical (unpaired) electrons. The summed E-state index contributed by atoms with van der Waals surface area (Å²) in [6, 6.07) is 1.60. The lowest BCUT2D eigenvalue weighted by Crippen LogP contribution is -2.15. The first-order chi connectivity index (χ1) is 6.50. The van der Waals surface area contributed by atoms with Crippen molar-refractivity contribution in [2.75, 3.05) is 0 Å². The Balaban J connectivity index is 0.00000196. The summed E-state index contributed by atoms with van der Waals surface area (Å²) < 4.78 is 49.2. The third-order valence-electron chi connectivity index (χ3n) is 1.79. The van der Waals surface area contributed by atoms with Gasteiger partial charge in [0, 0.05) is 24.1 Å². The molecule has 0 spiro atoms. The number of rotatable bonds is 3. The van der Waals surface area contributed by atoms with Gasteiger partial charge in [-0.2, -0.15) is 0 Å². The molecule has 0 bridgehead atoms. The number of benzene rings is 1. The Morgan fingerprint density at radius 3 is 2.27 bits per heavy atom. The number of hydrogen-bond donors (Lipinski definition) is 1. The molecule has 1 nitrogen and oxygen atoms in total. The average molecular weight is 244 g/mol. The van der Waals surface area contributed by atoms with E-state index >= 15 is 0 Å². The highest BCUT2D eigenvalue weighted by molar-refractivity contribution is 5.85. The first-order valence-electron chi connectivity index (χ1n) is 3.99. The molecule has 0 saturated heterocycles. The Bertz CT molecular complexity index is 319. The van der Waals surface area contributed by atoms with Crippen molar-refractivity contribution < 1.29 is 17.6 Å². The first kappa shape index (κ1) is 14.2. The van der Waals surface area contributed by atoms with Crippen LogP contribution in [0.1, 0.15) is 18.0 Å². The van der Waals surface area contributed by atoms with E-state index in [2.05, 4.69) is 0 Å². The second-order valence-electron chi connectivity index (χ2n) is 2.90. The third-order valence-corrected chi connectivity index (χ3v) is 1.79. The molecule has 0 aliphatic carbocycles. The molecule has 2 N–H and O–H groups in total. The van der Waals surface area contributed by atoms with Crippen LogP contribution in [0.25, 0.3) is 0 Å². The normalized spacial score (nSPS) is 12.4. The van der Waals surface area contributed by atoms with Crippen LogP contribution in [0.5, 0.6) is 0 Å². The summed E-state index contributed by atoms with van der Waals surface area (Å²) in [7, 11) is 0. The van der Waals surface area contributed by atoms with Crippen LogP contribution in [0, 0.1) is 11.6 Å². The Morgan fingerprint density at radius 1 is 1.20 bits per heavy atom. The summed E-state index contributed by atoms with van der Waals surface area (Å²) in [4.78, 5) is 0. The van der Waals surface area contributed by atoms with Gasteiger partial charge in [-0.3, -0.25) is 0 Å². The Morgan fingerprint density at radius 2 is 1.80 bits per heavy atom. The zero-order chi connectivity index (χ0) is 10.7. The minimum Gasteiger partial charge on any atom is -0.324 e. The standard InChI is InChI=1S/C9H9F4N.ClH/c10-5-1-2-6(7(11)3-5)8(14)4-9(12)13;/h1-3,8-9H,4,14H2;1H/t8-;/m0./s1. The molecule has 0 heterocycles. The molecule has 0 amide bonds. The molecule has 0 unspecified atom stereocenters. The van der Waals surface area contributed by atoms with Gasteiger partial charge in [-0.15, -0.1) is 12.4 Å². The van der Waals surface area contributed by atoms with Crippen molar-refractivity contribution in [1.29, 1.82) is 0 Å². The summed E-state index contributed by atoms with van der Waals surface area (Å²) in [5.41, 5.74) is 5.21. The van der Waals surface area contributed by atoms with E-state index in [-0.39, 0.29) is 18.0 Å². The van der Waals surface area contributed by atoms with Gasteiger partial charge in [-0.25, -0.2) is 17.6 Å². The van der Waals surface area contributed by atoms with Gasteiger partial charge in [0.25, 0.3) is 0 Å². The number of nitrogens with two attached hydrogens (primary N) is 1. The maximum atomic E-state index is 13.0. The van der Waals surface area contributed by atoms with Gasteiger partial charge in [-0.05, 0) is 6.07 Å². The molecule has 15 heavy (non-hydrogen) atoms. The fourth-order valence-electron chi connectivity index (χ4n) is 1.12. The van der Waals surface area contributed by atoms with Crippen LogP contribution >= 0.6 is 12.4 Å². The Labute approximate surface area is 90.7 Å². The summed E-state index contributed by atoms with van der Waals surface area (Å²) >= 11 is 0. The smallest absolute Gasteiger partial charge is 0.240 e. The fourth-order valence-corrected chi connectivity index (χ4v) is 1.12. The van der Waals surface area contributed by atoms with E-state index in [4.69, 9.17) is 5.73 Å². The van der Waals surface area contributed by atoms with E-state index in [1.807, 2.05) is 0 Å². The molecule has 1 aromatic carbocycles. The maximum absolute atomic E-state index is 13.0. The molecule has 86 valence electrons. The Kier molecular flexibility index (Phi) is 5.60. The second-order valence-corrected chi connectivity index (χ2v) is 2.90. The molecule has 0 aliphatic rings. The monoisotopic (exact) mass is 243 g/mol. The van der Waals surface area contributed by atoms with Crippen LogP contribution < -0.4 is 5.73 Å². The van der Waals surface area contributed by atoms with E-state index in [1.54, 1.807) is 0 Å². The van der Waals surface area contributed by atoms with Gasteiger partial charge < -0.3 is 5.73 Å². The summed E-state index contributed by atoms with van der Waals surface area (Å²) in [5, 5.41) is 0. The van der Waals surface area contributed by atoms with Crippen LogP contribution in [0.3, 0.4) is 0 Å². The highest BCUT2D eigenvalue weighted by Gasteiger charge is 2.16. The molecule has 1 atom stereocenters. The molecule has 1 aromatic rings. The van der Waals surface area contributed by atoms with Crippen molar-refractivity contribution in [3.05, 3.63) is 35.4 Å². The van der Waals surface area contributed by atoms with Crippen molar-refractivity contribution >= 4 is 12.4 Å². The Hall–Kier alpha value is -0.810. The molecule has 0 fully saturated rings. The number of alkyl halides is 2. The average Bonchev–Trinajstić information content (AvgIpc) is 2.01. The quantitative estimate of drug-likeness (QED) is 0.812. The van der Waals surface area contributed by atoms with Crippen LogP contribution in [0.15, 0.2) is 18.2 Å².